The van der Waals surface area contributed by atoms with Crippen molar-refractivity contribution in [3.8, 4) is 11.5 Å². The number of hydrogen-bond donors (Lipinski definition) is 1. The van der Waals surface area contributed by atoms with Crippen LogP contribution in [-0.2, 0) is 19.7 Å². The van der Waals surface area contributed by atoms with Gasteiger partial charge in [-0.25, -0.2) is 4.68 Å². The molecule has 1 N–H and O–H groups in total. The molecule has 0 aliphatic carbocycles. The van der Waals surface area contributed by atoms with Crippen molar-refractivity contribution in [3.05, 3.63) is 70.8 Å². The van der Waals surface area contributed by atoms with E-state index >= 15 is 0 Å². The molecule has 0 bridgehead atoms. The average molecular weight is 414 g/mol. The molecule has 1 heterocycles. The minimum atomic E-state index is 0.439. The molecule has 0 saturated heterocycles. The van der Waals surface area contributed by atoms with Gasteiger partial charge >= 0.3 is 0 Å². The molecule has 3 rings (SSSR count). The average Bonchev–Trinajstić information content (AvgIpc) is 3.15. The summed E-state index contributed by atoms with van der Waals surface area (Å²) in [5, 5.41) is 15.3. The first-order chi connectivity index (χ1) is 14.1. The number of benzene rings is 2. The smallest absolute Gasteiger partial charge is 0.243 e. The van der Waals surface area contributed by atoms with Crippen LogP contribution in [0.15, 0.2) is 49.1 Å². The van der Waals surface area contributed by atoms with Crippen LogP contribution in [0, 0.1) is 6.92 Å². The van der Waals surface area contributed by atoms with Gasteiger partial charge in [0, 0.05) is 17.6 Å². The lowest BCUT2D eigenvalue weighted by atomic mass is 10.1. The molecule has 1 aromatic heterocycles. The third-order valence-corrected chi connectivity index (χ3v) is 4.68. The molecule has 152 valence electrons. The predicted molar refractivity (Wildman–Crippen MR) is 113 cm³/mol. The number of anilines is 1. The topological polar surface area (TPSA) is 74.1 Å². The van der Waals surface area contributed by atoms with E-state index in [0.717, 1.165) is 11.1 Å². The highest BCUT2D eigenvalue weighted by atomic mass is 35.5. The molecule has 0 fully saturated rings. The van der Waals surface area contributed by atoms with Crippen LogP contribution in [0.2, 0.25) is 5.02 Å². The number of nitrogens with one attached hydrogen (secondary N) is 1. The van der Waals surface area contributed by atoms with Gasteiger partial charge in [0.2, 0.25) is 5.95 Å². The van der Waals surface area contributed by atoms with E-state index in [2.05, 4.69) is 40.4 Å². The van der Waals surface area contributed by atoms with Gasteiger partial charge in [-0.2, -0.15) is 0 Å². The zero-order valence-corrected chi connectivity index (χ0v) is 17.3. The van der Waals surface area contributed by atoms with Crippen LogP contribution in [-0.4, -0.2) is 26.8 Å². The molecule has 0 radical (unpaired) electrons. The number of halogens is 1. The number of aryl methyl sites for hydroxylation is 1. The Morgan fingerprint density at radius 1 is 1.17 bits per heavy atom. The summed E-state index contributed by atoms with van der Waals surface area (Å²) in [6, 6.07) is 11.8. The van der Waals surface area contributed by atoms with Gasteiger partial charge in [-0.1, -0.05) is 47.0 Å². The minimum absolute atomic E-state index is 0.439. The molecule has 0 aliphatic heterocycles. The number of allylic oxidation sites excluding steroid dienone is 1. The van der Waals surface area contributed by atoms with Crippen molar-refractivity contribution in [2.75, 3.05) is 11.9 Å². The van der Waals surface area contributed by atoms with Crippen LogP contribution in [0.1, 0.15) is 23.6 Å². The number of hydrogen-bond acceptors (Lipinski definition) is 6. The number of aromatic nitrogens is 4. The lowest BCUT2D eigenvalue weighted by molar-refractivity contribution is 0.268. The van der Waals surface area contributed by atoms with E-state index < -0.39 is 0 Å². The molecule has 0 spiro atoms. The van der Waals surface area contributed by atoms with Crippen LogP contribution in [0.3, 0.4) is 0 Å². The zero-order valence-electron chi connectivity index (χ0n) is 16.6. The van der Waals surface area contributed by atoms with Crippen molar-refractivity contribution in [3.63, 3.8) is 0 Å². The van der Waals surface area contributed by atoms with Crippen LogP contribution < -0.4 is 14.8 Å². The molecule has 3 aromatic rings. The van der Waals surface area contributed by atoms with Gasteiger partial charge in [0.15, 0.2) is 11.5 Å². The molecular weight excluding hydrogens is 390 g/mol. The van der Waals surface area contributed by atoms with E-state index in [0.29, 0.717) is 48.8 Å². The first-order valence-corrected chi connectivity index (χ1v) is 9.73. The highest BCUT2D eigenvalue weighted by Gasteiger charge is 2.13. The van der Waals surface area contributed by atoms with Gasteiger partial charge in [0.05, 0.1) is 13.2 Å². The van der Waals surface area contributed by atoms with Gasteiger partial charge < -0.3 is 14.8 Å². The summed E-state index contributed by atoms with van der Waals surface area (Å²) < 4.78 is 13.4. The molecule has 0 aliphatic rings. The Hall–Kier alpha value is -3.06. The van der Waals surface area contributed by atoms with Gasteiger partial charge in [-0.3, -0.25) is 0 Å². The SMILES string of the molecule is C=CCn1nnnc1NCc1cc(OCC)c(OCc2ccccc2C)cc1Cl. The Balaban J connectivity index is 1.75. The number of ether oxygens (including phenoxy) is 2. The highest BCUT2D eigenvalue weighted by Crippen LogP contribution is 2.34. The minimum Gasteiger partial charge on any atom is -0.490 e. The molecule has 0 amide bonds. The van der Waals surface area contributed by atoms with Gasteiger partial charge in [-0.15, -0.1) is 6.58 Å². The van der Waals surface area contributed by atoms with Crippen LogP contribution in [0.25, 0.3) is 0 Å². The monoisotopic (exact) mass is 413 g/mol. The summed E-state index contributed by atoms with van der Waals surface area (Å²) in [4.78, 5) is 0. The third kappa shape index (κ3) is 5.26. The fraction of sp³-hybridized carbons (Fsp3) is 0.286. The summed E-state index contributed by atoms with van der Waals surface area (Å²) in [7, 11) is 0. The Morgan fingerprint density at radius 2 is 1.97 bits per heavy atom. The summed E-state index contributed by atoms with van der Waals surface area (Å²) in [6.07, 6.45) is 1.72. The molecule has 0 saturated carbocycles. The Labute approximate surface area is 175 Å². The predicted octanol–water partition coefficient (Wildman–Crippen LogP) is 4.41. The third-order valence-electron chi connectivity index (χ3n) is 4.33. The second-order valence-electron chi connectivity index (χ2n) is 6.37. The van der Waals surface area contributed by atoms with Crippen molar-refractivity contribution in [2.24, 2.45) is 0 Å². The Kier molecular flexibility index (Phi) is 7.08. The summed E-state index contributed by atoms with van der Waals surface area (Å²) >= 11 is 6.51. The molecule has 7 nitrogen and oxygen atoms in total. The zero-order chi connectivity index (χ0) is 20.6. The molecule has 0 unspecified atom stereocenters. The lowest BCUT2D eigenvalue weighted by Gasteiger charge is -2.16. The number of tetrazole rings is 1. The van der Waals surface area contributed by atoms with E-state index in [1.165, 1.54) is 5.56 Å². The Morgan fingerprint density at radius 3 is 2.72 bits per heavy atom. The number of rotatable bonds is 10. The van der Waals surface area contributed by atoms with Gasteiger partial charge in [0.25, 0.3) is 0 Å². The quantitative estimate of drug-likeness (QED) is 0.496. The summed E-state index contributed by atoms with van der Waals surface area (Å²) in [5.74, 6) is 1.80. The fourth-order valence-electron chi connectivity index (χ4n) is 2.77. The second kappa shape index (κ2) is 9.93. The first kappa shape index (κ1) is 20.7. The number of nitrogens with zero attached hydrogens (tertiary/aromatic N) is 4. The normalized spacial score (nSPS) is 10.6. The van der Waals surface area contributed by atoms with Crippen molar-refractivity contribution in [1.82, 2.24) is 20.2 Å². The first-order valence-electron chi connectivity index (χ1n) is 9.35. The highest BCUT2D eigenvalue weighted by molar-refractivity contribution is 6.31. The summed E-state index contributed by atoms with van der Waals surface area (Å²) in [6.45, 7) is 9.60. The van der Waals surface area contributed by atoms with E-state index in [1.54, 1.807) is 16.8 Å². The van der Waals surface area contributed by atoms with E-state index in [4.69, 9.17) is 21.1 Å². The molecule has 8 heteroatoms. The standard InChI is InChI=1S/C21H24ClN5O2/c1-4-10-27-21(24-25-26-27)23-13-17-11-19(28-5-2)20(12-18(17)22)29-14-16-9-7-6-8-15(16)3/h4,6-9,11-12H,1,5,10,13-14H2,2-3H3,(H,23,24,26). The van der Waals surface area contributed by atoms with Gasteiger partial charge in [0.1, 0.15) is 6.61 Å². The van der Waals surface area contributed by atoms with Crippen molar-refractivity contribution >= 4 is 17.5 Å². The largest absolute Gasteiger partial charge is 0.490 e. The van der Waals surface area contributed by atoms with E-state index in [-0.39, 0.29) is 0 Å². The molecule has 29 heavy (non-hydrogen) atoms. The molecular formula is C21H24ClN5O2. The maximum absolute atomic E-state index is 6.51. The van der Waals surface area contributed by atoms with Crippen LogP contribution in [0.5, 0.6) is 11.5 Å². The van der Waals surface area contributed by atoms with Crippen molar-refractivity contribution in [2.45, 2.75) is 33.5 Å². The van der Waals surface area contributed by atoms with Crippen LogP contribution >= 0.6 is 11.6 Å². The van der Waals surface area contributed by atoms with Gasteiger partial charge in [-0.05, 0) is 47.0 Å². The lowest BCUT2D eigenvalue weighted by Crippen LogP contribution is -2.09. The van der Waals surface area contributed by atoms with E-state index in [1.807, 2.05) is 31.2 Å². The van der Waals surface area contributed by atoms with Crippen LogP contribution in [0.4, 0.5) is 5.95 Å². The second-order valence-corrected chi connectivity index (χ2v) is 6.77. The Bertz CT molecular complexity index is 973. The van der Waals surface area contributed by atoms with Crippen molar-refractivity contribution in [1.29, 1.82) is 0 Å². The molecule has 0 atom stereocenters. The maximum Gasteiger partial charge on any atom is 0.243 e. The summed E-state index contributed by atoms with van der Waals surface area (Å²) in [5.41, 5.74) is 3.15. The van der Waals surface area contributed by atoms with E-state index in [9.17, 15) is 0 Å². The maximum atomic E-state index is 6.51. The van der Waals surface area contributed by atoms with Crippen molar-refractivity contribution < 1.29 is 9.47 Å². The fourth-order valence-corrected chi connectivity index (χ4v) is 2.99. The molecule has 2 aromatic carbocycles.